The number of halogens is 1. The van der Waals surface area contributed by atoms with E-state index in [-0.39, 0.29) is 29.6 Å². The first-order valence-electron chi connectivity index (χ1n) is 6.97. The van der Waals surface area contributed by atoms with E-state index >= 15 is 0 Å². The molecular formula is C15H18ClNO4. The largest absolute Gasteiger partial charge is 0.507 e. The number of carbonyl (C=O) groups is 2. The zero-order valence-corrected chi connectivity index (χ0v) is 12.3. The smallest absolute Gasteiger partial charge is 0.303 e. The molecule has 1 aromatic rings. The van der Waals surface area contributed by atoms with Gasteiger partial charge in [-0.1, -0.05) is 11.6 Å². The molecule has 6 heteroatoms. The Balaban J connectivity index is 2.05. The van der Waals surface area contributed by atoms with Gasteiger partial charge in [0, 0.05) is 24.5 Å². The molecule has 0 saturated carbocycles. The number of hydrogen-bond donors (Lipinski definition) is 2. The summed E-state index contributed by atoms with van der Waals surface area (Å²) in [6.45, 7) is 1.15. The van der Waals surface area contributed by atoms with E-state index in [1.54, 1.807) is 4.90 Å². The fourth-order valence-corrected chi connectivity index (χ4v) is 2.83. The monoisotopic (exact) mass is 311 g/mol. The first-order chi connectivity index (χ1) is 9.97. The van der Waals surface area contributed by atoms with Crippen LogP contribution in [0.5, 0.6) is 5.75 Å². The van der Waals surface area contributed by atoms with Crippen LogP contribution in [0, 0.1) is 5.92 Å². The fourth-order valence-electron chi connectivity index (χ4n) is 2.66. The van der Waals surface area contributed by atoms with Gasteiger partial charge in [-0.2, -0.15) is 0 Å². The third-order valence-electron chi connectivity index (χ3n) is 3.76. The number of piperidine rings is 1. The van der Waals surface area contributed by atoms with Crippen LogP contribution < -0.4 is 0 Å². The number of benzene rings is 1. The Morgan fingerprint density at radius 1 is 1.38 bits per heavy atom. The van der Waals surface area contributed by atoms with Gasteiger partial charge in [-0.3, -0.25) is 9.59 Å². The van der Waals surface area contributed by atoms with Crippen LogP contribution in [0.1, 0.15) is 36.0 Å². The molecule has 1 unspecified atom stereocenters. The second-order valence-electron chi connectivity index (χ2n) is 5.35. The predicted octanol–water partition coefficient (Wildman–Crippen LogP) is 2.76. The van der Waals surface area contributed by atoms with Crippen molar-refractivity contribution in [3.8, 4) is 5.75 Å². The summed E-state index contributed by atoms with van der Waals surface area (Å²) in [6.07, 6.45) is 2.46. The normalized spacial score (nSPS) is 18.5. The fraction of sp³-hybridized carbons (Fsp3) is 0.467. The molecule has 1 heterocycles. The van der Waals surface area contributed by atoms with E-state index in [9.17, 15) is 14.7 Å². The van der Waals surface area contributed by atoms with Crippen molar-refractivity contribution in [2.45, 2.75) is 25.7 Å². The second kappa shape index (κ2) is 6.80. The number of carboxylic acids is 1. The van der Waals surface area contributed by atoms with Gasteiger partial charge in [0.15, 0.2) is 0 Å². The molecule has 1 amide bonds. The topological polar surface area (TPSA) is 77.8 Å². The van der Waals surface area contributed by atoms with Crippen molar-refractivity contribution in [1.82, 2.24) is 4.90 Å². The molecule has 5 nitrogen and oxygen atoms in total. The summed E-state index contributed by atoms with van der Waals surface area (Å²) in [5, 5.41) is 18.9. The summed E-state index contributed by atoms with van der Waals surface area (Å²) in [5.74, 6) is -0.960. The van der Waals surface area contributed by atoms with Crippen molar-refractivity contribution in [3.05, 3.63) is 28.8 Å². The molecule has 1 saturated heterocycles. The molecule has 21 heavy (non-hydrogen) atoms. The van der Waals surface area contributed by atoms with Crippen molar-refractivity contribution in [1.29, 1.82) is 0 Å². The summed E-state index contributed by atoms with van der Waals surface area (Å²) in [4.78, 5) is 24.7. The van der Waals surface area contributed by atoms with E-state index in [1.165, 1.54) is 18.2 Å². The maximum atomic E-state index is 12.4. The number of carbonyl (C=O) groups excluding carboxylic acids is 1. The number of nitrogens with zero attached hydrogens (tertiary/aromatic N) is 1. The zero-order valence-electron chi connectivity index (χ0n) is 11.6. The number of carboxylic acid groups (broad SMARTS) is 1. The van der Waals surface area contributed by atoms with E-state index in [0.29, 0.717) is 24.5 Å². The van der Waals surface area contributed by atoms with Crippen LogP contribution in [0.3, 0.4) is 0 Å². The number of amides is 1. The van der Waals surface area contributed by atoms with Crippen LogP contribution in [0.25, 0.3) is 0 Å². The number of rotatable bonds is 4. The highest BCUT2D eigenvalue weighted by Gasteiger charge is 2.26. The number of aromatic hydroxyl groups is 1. The van der Waals surface area contributed by atoms with Crippen molar-refractivity contribution < 1.29 is 19.8 Å². The zero-order chi connectivity index (χ0) is 15.4. The first-order valence-corrected chi connectivity index (χ1v) is 7.34. The number of phenolic OH excluding ortho intramolecular Hbond substituents is 1. The lowest BCUT2D eigenvalue weighted by Crippen LogP contribution is -2.40. The standard InChI is InChI=1S/C15H18ClNO4/c16-11-4-5-13(18)12(8-11)15(21)17-7-1-2-10(9-17)3-6-14(19)20/h4-5,8,10,18H,1-3,6-7,9H2,(H,19,20). The van der Waals surface area contributed by atoms with E-state index in [2.05, 4.69) is 0 Å². The molecule has 0 bridgehead atoms. The lowest BCUT2D eigenvalue weighted by Gasteiger charge is -2.32. The molecule has 1 aliphatic rings. The quantitative estimate of drug-likeness (QED) is 0.896. The summed E-state index contributed by atoms with van der Waals surface area (Å²) < 4.78 is 0. The molecular weight excluding hydrogens is 294 g/mol. The van der Waals surface area contributed by atoms with E-state index in [0.717, 1.165) is 12.8 Å². The van der Waals surface area contributed by atoms with Gasteiger partial charge >= 0.3 is 5.97 Å². The summed E-state index contributed by atoms with van der Waals surface area (Å²) in [6, 6.07) is 4.39. The SMILES string of the molecule is O=C(O)CCC1CCCN(C(=O)c2cc(Cl)ccc2O)C1. The minimum atomic E-state index is -0.814. The lowest BCUT2D eigenvalue weighted by molar-refractivity contribution is -0.137. The van der Waals surface area contributed by atoms with Crippen LogP contribution in [0.15, 0.2) is 18.2 Å². The average molecular weight is 312 g/mol. The Labute approximate surface area is 128 Å². The Morgan fingerprint density at radius 3 is 2.86 bits per heavy atom. The maximum absolute atomic E-state index is 12.4. The highest BCUT2D eigenvalue weighted by atomic mass is 35.5. The summed E-state index contributed by atoms with van der Waals surface area (Å²) in [5.41, 5.74) is 0.196. The van der Waals surface area contributed by atoms with Gasteiger partial charge in [0.2, 0.25) is 0 Å². The van der Waals surface area contributed by atoms with Gasteiger partial charge in [0.1, 0.15) is 5.75 Å². The van der Waals surface area contributed by atoms with E-state index in [1.807, 2.05) is 0 Å². The Hall–Kier alpha value is -1.75. The number of hydrogen-bond acceptors (Lipinski definition) is 3. The van der Waals surface area contributed by atoms with Gasteiger partial charge in [0.05, 0.1) is 5.56 Å². The molecule has 1 fully saturated rings. The molecule has 0 radical (unpaired) electrons. The summed E-state index contributed by atoms with van der Waals surface area (Å²) >= 11 is 5.87. The van der Waals surface area contributed by atoms with Gasteiger partial charge in [-0.05, 0) is 43.4 Å². The van der Waals surface area contributed by atoms with Crippen molar-refractivity contribution in [3.63, 3.8) is 0 Å². The highest BCUT2D eigenvalue weighted by Crippen LogP contribution is 2.26. The Kier molecular flexibility index (Phi) is 5.07. The van der Waals surface area contributed by atoms with Crippen LogP contribution >= 0.6 is 11.6 Å². The first kappa shape index (κ1) is 15.6. The molecule has 114 valence electrons. The number of likely N-dealkylation sites (tertiary alicyclic amines) is 1. The highest BCUT2D eigenvalue weighted by molar-refractivity contribution is 6.31. The molecule has 0 spiro atoms. The third-order valence-corrected chi connectivity index (χ3v) is 4.00. The Morgan fingerprint density at radius 2 is 2.14 bits per heavy atom. The van der Waals surface area contributed by atoms with Crippen LogP contribution in [0.2, 0.25) is 5.02 Å². The van der Waals surface area contributed by atoms with Crippen molar-refractivity contribution in [2.75, 3.05) is 13.1 Å². The predicted molar refractivity (Wildman–Crippen MR) is 78.6 cm³/mol. The molecule has 1 aromatic carbocycles. The van der Waals surface area contributed by atoms with Crippen molar-refractivity contribution >= 4 is 23.5 Å². The Bertz CT molecular complexity index is 546. The lowest BCUT2D eigenvalue weighted by atomic mass is 9.93. The van der Waals surface area contributed by atoms with Gasteiger partial charge < -0.3 is 15.1 Å². The van der Waals surface area contributed by atoms with E-state index in [4.69, 9.17) is 16.7 Å². The molecule has 1 aliphatic heterocycles. The molecule has 2 N–H and O–H groups in total. The second-order valence-corrected chi connectivity index (χ2v) is 5.79. The minimum absolute atomic E-state index is 0.0861. The average Bonchev–Trinajstić information content (AvgIpc) is 2.47. The summed E-state index contributed by atoms with van der Waals surface area (Å²) in [7, 11) is 0. The third kappa shape index (κ3) is 4.11. The number of aliphatic carboxylic acids is 1. The van der Waals surface area contributed by atoms with Crippen LogP contribution in [-0.2, 0) is 4.79 Å². The molecule has 1 atom stereocenters. The molecule has 0 aromatic heterocycles. The van der Waals surface area contributed by atoms with Gasteiger partial charge in [-0.15, -0.1) is 0 Å². The van der Waals surface area contributed by atoms with Gasteiger partial charge in [0.25, 0.3) is 5.91 Å². The molecule has 0 aliphatic carbocycles. The molecule has 2 rings (SSSR count). The van der Waals surface area contributed by atoms with Gasteiger partial charge in [-0.25, -0.2) is 0 Å². The van der Waals surface area contributed by atoms with Crippen LogP contribution in [-0.4, -0.2) is 40.1 Å². The number of phenols is 1. The van der Waals surface area contributed by atoms with E-state index < -0.39 is 5.97 Å². The minimum Gasteiger partial charge on any atom is -0.507 e. The maximum Gasteiger partial charge on any atom is 0.303 e. The van der Waals surface area contributed by atoms with Crippen LogP contribution in [0.4, 0.5) is 0 Å². The van der Waals surface area contributed by atoms with Crippen molar-refractivity contribution in [2.24, 2.45) is 5.92 Å².